The van der Waals surface area contributed by atoms with Gasteiger partial charge in [0.05, 0.1) is 13.7 Å². The van der Waals surface area contributed by atoms with Gasteiger partial charge in [0.25, 0.3) is 0 Å². The molecule has 4 rings (SSSR count). The number of anilines is 1. The molecule has 4 aromatic rings. The van der Waals surface area contributed by atoms with E-state index in [1.807, 2.05) is 43.3 Å². The van der Waals surface area contributed by atoms with E-state index in [0.717, 1.165) is 11.1 Å². The fourth-order valence-corrected chi connectivity index (χ4v) is 4.99. The summed E-state index contributed by atoms with van der Waals surface area (Å²) in [5.74, 6) is 0.367. The number of methoxy groups -OCH3 is 1. The molecular formula is C30H33N6O6P. The van der Waals surface area contributed by atoms with Gasteiger partial charge in [-0.25, -0.2) is 14.5 Å². The van der Waals surface area contributed by atoms with Crippen LogP contribution in [-0.2, 0) is 25.1 Å². The van der Waals surface area contributed by atoms with Crippen LogP contribution in [0, 0.1) is 11.3 Å². The highest BCUT2D eigenvalue weighted by Crippen LogP contribution is 2.44. The molecule has 0 radical (unpaired) electrons. The molecule has 0 saturated heterocycles. The molecule has 0 bridgehead atoms. The summed E-state index contributed by atoms with van der Waals surface area (Å²) in [7, 11) is 2.83. The first-order valence-electron chi connectivity index (χ1n) is 13.3. The highest BCUT2D eigenvalue weighted by Gasteiger charge is 2.22. The molecule has 1 aromatic carbocycles. The maximum absolute atomic E-state index is 12.9. The van der Waals surface area contributed by atoms with Gasteiger partial charge in [0, 0.05) is 66.5 Å². The molecular weight excluding hydrogens is 571 g/mol. The Balaban J connectivity index is 1.80. The highest BCUT2D eigenvalue weighted by atomic mass is 31.2. The molecule has 13 heteroatoms. The van der Waals surface area contributed by atoms with Crippen molar-refractivity contribution >= 4 is 30.5 Å². The monoisotopic (exact) mass is 604 g/mol. The van der Waals surface area contributed by atoms with E-state index < -0.39 is 7.82 Å². The van der Waals surface area contributed by atoms with Gasteiger partial charge in [0.2, 0.25) is 5.91 Å². The lowest BCUT2D eigenvalue weighted by Gasteiger charge is -2.18. The standard InChI is InChI=1S/C30H33N6O6P/c1-6-41-43(38,39)42-20-36-19-28(21-9-10-32-24(12-21)17-31)27-15-23(18-33-30(27)36)22-13-25(16-26(14-22)40-5)35(4)29(37)8-7-11-34(2)3/h7-10,12-16,18-19H,6,11,20H2,1-5H3,(H,38,39)/b8-7+. The molecule has 1 N–H and O–H groups in total. The van der Waals surface area contributed by atoms with Crippen molar-refractivity contribution < 1.29 is 28.0 Å². The van der Waals surface area contributed by atoms with Crippen molar-refractivity contribution in [2.45, 2.75) is 13.7 Å². The summed E-state index contributed by atoms with van der Waals surface area (Å²) in [5.41, 5.74) is 4.23. The van der Waals surface area contributed by atoms with Crippen LogP contribution in [0.3, 0.4) is 0 Å². The molecule has 0 spiro atoms. The first-order chi connectivity index (χ1) is 20.5. The number of phosphoric acid groups is 1. The predicted octanol–water partition coefficient (Wildman–Crippen LogP) is 4.84. The van der Waals surface area contributed by atoms with Crippen molar-refractivity contribution in [3.63, 3.8) is 0 Å². The number of hydrogen-bond donors (Lipinski definition) is 1. The van der Waals surface area contributed by atoms with Crippen LogP contribution in [-0.4, -0.2) is 71.6 Å². The summed E-state index contributed by atoms with van der Waals surface area (Å²) in [6.45, 7) is 1.94. The first kappa shape index (κ1) is 31.6. The lowest BCUT2D eigenvalue weighted by Crippen LogP contribution is -2.24. The van der Waals surface area contributed by atoms with Gasteiger partial charge >= 0.3 is 7.82 Å². The smallest absolute Gasteiger partial charge is 0.473 e. The summed E-state index contributed by atoms with van der Waals surface area (Å²) in [6.07, 6.45) is 8.26. The Bertz CT molecular complexity index is 1740. The second-order valence-corrected chi connectivity index (χ2v) is 11.2. The molecule has 0 aliphatic heterocycles. The second-order valence-electron chi connectivity index (χ2n) is 9.78. The maximum Gasteiger partial charge on any atom is 0.473 e. The van der Waals surface area contributed by atoms with E-state index in [9.17, 15) is 19.5 Å². The zero-order valence-electron chi connectivity index (χ0n) is 24.6. The summed E-state index contributed by atoms with van der Waals surface area (Å²) in [5, 5.41) is 10.1. The van der Waals surface area contributed by atoms with Gasteiger partial charge < -0.3 is 24.0 Å². The number of aromatic nitrogens is 3. The molecule has 3 heterocycles. The van der Waals surface area contributed by atoms with Gasteiger partial charge in [-0.2, -0.15) is 5.26 Å². The highest BCUT2D eigenvalue weighted by molar-refractivity contribution is 7.47. The number of amides is 1. The Hall–Kier alpha value is -4.37. The van der Waals surface area contributed by atoms with Crippen molar-refractivity contribution in [3.05, 3.63) is 72.8 Å². The maximum atomic E-state index is 12.9. The third kappa shape index (κ3) is 7.73. The fraction of sp³-hybridized carbons (Fsp3) is 0.267. The number of pyridine rings is 2. The SMILES string of the molecule is CCOP(=O)(O)OCn1cc(-c2ccnc(C#N)c2)c2cc(-c3cc(OC)cc(N(C)C(=O)/C=C/CN(C)C)c3)cnc21. The molecule has 1 unspecified atom stereocenters. The summed E-state index contributed by atoms with van der Waals surface area (Å²) in [6, 6.07) is 12.9. The Labute approximate surface area is 250 Å². The third-order valence-electron chi connectivity index (χ3n) is 6.46. The van der Waals surface area contributed by atoms with E-state index >= 15 is 0 Å². The normalized spacial score (nSPS) is 12.9. The van der Waals surface area contributed by atoms with Crippen LogP contribution in [0.15, 0.2) is 67.1 Å². The molecule has 43 heavy (non-hydrogen) atoms. The number of nitriles is 1. The first-order valence-corrected chi connectivity index (χ1v) is 14.8. The van der Waals surface area contributed by atoms with Crippen LogP contribution in [0.2, 0.25) is 0 Å². The summed E-state index contributed by atoms with van der Waals surface area (Å²) >= 11 is 0. The van der Waals surface area contributed by atoms with Crippen LogP contribution < -0.4 is 9.64 Å². The number of nitrogens with zero attached hydrogens (tertiary/aromatic N) is 6. The van der Waals surface area contributed by atoms with E-state index in [2.05, 4.69) is 9.97 Å². The minimum absolute atomic E-state index is 0.0106. The Morgan fingerprint density at radius 3 is 2.60 bits per heavy atom. The number of hydrogen-bond acceptors (Lipinski definition) is 9. The predicted molar refractivity (Wildman–Crippen MR) is 163 cm³/mol. The zero-order valence-corrected chi connectivity index (χ0v) is 25.5. The number of benzene rings is 1. The molecule has 0 fully saturated rings. The number of likely N-dealkylation sites (N-methyl/N-ethyl adjacent to an activating group) is 2. The fourth-order valence-electron chi connectivity index (χ4n) is 4.32. The van der Waals surface area contributed by atoms with E-state index in [4.69, 9.17) is 13.8 Å². The van der Waals surface area contributed by atoms with Crippen LogP contribution in [0.4, 0.5) is 5.69 Å². The van der Waals surface area contributed by atoms with Crippen molar-refractivity contribution in [2.75, 3.05) is 46.3 Å². The Morgan fingerprint density at radius 1 is 1.12 bits per heavy atom. The van der Waals surface area contributed by atoms with Gasteiger partial charge in [-0.15, -0.1) is 0 Å². The van der Waals surface area contributed by atoms with E-state index in [1.54, 1.807) is 62.3 Å². The largest absolute Gasteiger partial charge is 0.497 e. The van der Waals surface area contributed by atoms with Gasteiger partial charge in [-0.3, -0.25) is 13.8 Å². The van der Waals surface area contributed by atoms with E-state index in [1.165, 1.54) is 17.2 Å². The van der Waals surface area contributed by atoms with Crippen molar-refractivity contribution in [1.29, 1.82) is 5.26 Å². The second kappa shape index (κ2) is 13.7. The van der Waals surface area contributed by atoms with Crippen LogP contribution in [0.1, 0.15) is 12.6 Å². The van der Waals surface area contributed by atoms with Gasteiger partial charge in [-0.05, 0) is 62.5 Å². The molecule has 0 saturated carbocycles. The third-order valence-corrected chi connectivity index (χ3v) is 7.49. The number of rotatable bonds is 12. The molecule has 224 valence electrons. The van der Waals surface area contributed by atoms with Gasteiger partial charge in [-0.1, -0.05) is 6.08 Å². The molecule has 3 aromatic heterocycles. The van der Waals surface area contributed by atoms with Crippen molar-refractivity contribution in [2.24, 2.45) is 0 Å². The lowest BCUT2D eigenvalue weighted by atomic mass is 10.0. The number of carbonyl (C=O) groups excluding carboxylic acids is 1. The molecule has 1 atom stereocenters. The Kier molecular flexibility index (Phi) is 10.1. The lowest BCUT2D eigenvalue weighted by molar-refractivity contribution is -0.113. The quantitative estimate of drug-likeness (QED) is 0.176. The number of ether oxygens (including phenoxy) is 1. The zero-order chi connectivity index (χ0) is 31.1. The van der Waals surface area contributed by atoms with Crippen molar-refractivity contribution in [3.8, 4) is 34.1 Å². The van der Waals surface area contributed by atoms with Gasteiger partial charge in [0.1, 0.15) is 29.9 Å². The molecule has 0 aliphatic carbocycles. The Morgan fingerprint density at radius 2 is 1.91 bits per heavy atom. The number of carbonyl (C=O) groups is 1. The topological polar surface area (TPSA) is 143 Å². The minimum atomic E-state index is -4.27. The number of fused-ring (bicyclic) bond motifs is 1. The molecule has 0 aliphatic rings. The number of phosphoric ester groups is 1. The van der Waals surface area contributed by atoms with Crippen LogP contribution in [0.5, 0.6) is 5.75 Å². The van der Waals surface area contributed by atoms with Gasteiger partial charge in [0.15, 0.2) is 0 Å². The van der Waals surface area contributed by atoms with E-state index in [-0.39, 0.29) is 24.9 Å². The average molecular weight is 605 g/mol. The van der Waals surface area contributed by atoms with Crippen molar-refractivity contribution in [1.82, 2.24) is 19.4 Å². The van der Waals surface area contributed by atoms with Crippen LogP contribution in [0.25, 0.3) is 33.3 Å². The molecule has 12 nitrogen and oxygen atoms in total. The molecule has 1 amide bonds. The minimum Gasteiger partial charge on any atom is -0.497 e. The van der Waals surface area contributed by atoms with E-state index in [0.29, 0.717) is 40.1 Å². The summed E-state index contributed by atoms with van der Waals surface area (Å²) in [4.78, 5) is 35.0. The summed E-state index contributed by atoms with van der Waals surface area (Å²) < 4.78 is 29.4. The van der Waals surface area contributed by atoms with Crippen LogP contribution >= 0.6 is 7.82 Å². The average Bonchev–Trinajstić information content (AvgIpc) is 3.37.